The van der Waals surface area contributed by atoms with E-state index in [0.29, 0.717) is 22.4 Å². The lowest BCUT2D eigenvalue weighted by Crippen LogP contribution is -2.43. The van der Waals surface area contributed by atoms with Crippen molar-refractivity contribution in [3.05, 3.63) is 34.9 Å². The number of rotatable bonds is 2. The minimum absolute atomic E-state index is 0.0673. The van der Waals surface area contributed by atoms with E-state index in [4.69, 9.17) is 11.6 Å². The Kier molecular flexibility index (Phi) is 3.66. The number of hydrogen-bond donors (Lipinski definition) is 2. The molecule has 0 bridgehead atoms. The van der Waals surface area contributed by atoms with Gasteiger partial charge in [-0.15, -0.1) is 0 Å². The summed E-state index contributed by atoms with van der Waals surface area (Å²) in [6.07, 6.45) is 4.72. The third-order valence-electron chi connectivity index (χ3n) is 4.38. The first-order valence-corrected chi connectivity index (χ1v) is 7.41. The van der Waals surface area contributed by atoms with Crippen molar-refractivity contribution >= 4 is 23.4 Å². The highest BCUT2D eigenvalue weighted by Gasteiger charge is 2.54. The van der Waals surface area contributed by atoms with Gasteiger partial charge in [0, 0.05) is 5.92 Å². The maximum atomic E-state index is 12.0. The molecule has 20 heavy (non-hydrogen) atoms. The average molecular weight is 293 g/mol. The van der Waals surface area contributed by atoms with Crippen LogP contribution < -0.4 is 10.9 Å². The van der Waals surface area contributed by atoms with Gasteiger partial charge in [0.25, 0.3) is 5.91 Å². The summed E-state index contributed by atoms with van der Waals surface area (Å²) in [4.78, 5) is 24.0. The summed E-state index contributed by atoms with van der Waals surface area (Å²) in [6, 6.07) is 6.76. The zero-order chi connectivity index (χ0) is 14.1. The number of halogens is 1. The van der Waals surface area contributed by atoms with Gasteiger partial charge in [-0.1, -0.05) is 36.6 Å². The van der Waals surface area contributed by atoms with E-state index >= 15 is 0 Å². The molecule has 2 amide bonds. The second-order valence-corrected chi connectivity index (χ2v) is 5.97. The SMILES string of the molecule is O=C(NNC(=O)C1[C@H]2CCCC[C@H]12)c1ccccc1Cl. The Hall–Kier alpha value is -1.55. The lowest BCUT2D eigenvalue weighted by molar-refractivity contribution is -0.123. The molecule has 2 fully saturated rings. The standard InChI is InChI=1S/C15H17ClN2O2/c16-12-8-4-3-7-11(12)14(19)17-18-15(20)13-9-5-1-2-6-10(9)13/h3-4,7-10,13H,1-2,5-6H2,(H,17,19)(H,18,20)/t9-,10-/m0/s1. The summed E-state index contributed by atoms with van der Waals surface area (Å²) in [5.74, 6) is 0.695. The molecule has 0 heterocycles. The number of fused-ring (bicyclic) bond motifs is 1. The number of benzene rings is 1. The van der Waals surface area contributed by atoms with Crippen molar-refractivity contribution in [2.45, 2.75) is 25.7 Å². The average Bonchev–Trinajstić information content (AvgIpc) is 3.19. The number of carbonyl (C=O) groups excluding carboxylic acids is 2. The van der Waals surface area contributed by atoms with E-state index in [2.05, 4.69) is 10.9 Å². The second kappa shape index (κ2) is 5.44. The Balaban J connectivity index is 1.54. The lowest BCUT2D eigenvalue weighted by Gasteiger charge is -2.08. The van der Waals surface area contributed by atoms with Crippen LogP contribution in [0.2, 0.25) is 5.02 Å². The lowest BCUT2D eigenvalue weighted by atomic mass is 10.0. The van der Waals surface area contributed by atoms with Crippen molar-refractivity contribution < 1.29 is 9.59 Å². The van der Waals surface area contributed by atoms with Crippen LogP contribution in [0.5, 0.6) is 0 Å². The Morgan fingerprint density at radius 1 is 1.05 bits per heavy atom. The van der Waals surface area contributed by atoms with Crippen LogP contribution in [-0.4, -0.2) is 11.8 Å². The number of amides is 2. The normalized spacial score (nSPS) is 27.4. The fourth-order valence-electron chi connectivity index (χ4n) is 3.30. The third-order valence-corrected chi connectivity index (χ3v) is 4.71. The second-order valence-electron chi connectivity index (χ2n) is 5.56. The van der Waals surface area contributed by atoms with Gasteiger partial charge in [0.2, 0.25) is 5.91 Å². The van der Waals surface area contributed by atoms with Gasteiger partial charge in [0.05, 0.1) is 10.6 Å². The summed E-state index contributed by atoms with van der Waals surface area (Å²) in [6.45, 7) is 0. The molecule has 0 saturated heterocycles. The molecular formula is C15H17ClN2O2. The third kappa shape index (κ3) is 2.52. The molecule has 0 aliphatic heterocycles. The maximum Gasteiger partial charge on any atom is 0.271 e. The van der Waals surface area contributed by atoms with Crippen LogP contribution in [-0.2, 0) is 4.79 Å². The predicted octanol–water partition coefficient (Wildman–Crippen LogP) is 2.54. The van der Waals surface area contributed by atoms with Crippen LogP contribution in [0.1, 0.15) is 36.0 Å². The molecule has 2 aliphatic carbocycles. The first-order chi connectivity index (χ1) is 9.68. The summed E-state index contributed by atoms with van der Waals surface area (Å²) >= 11 is 5.94. The molecule has 0 radical (unpaired) electrons. The van der Waals surface area contributed by atoms with E-state index in [-0.39, 0.29) is 17.7 Å². The zero-order valence-electron chi connectivity index (χ0n) is 11.1. The van der Waals surface area contributed by atoms with Crippen molar-refractivity contribution in [3.8, 4) is 0 Å². The molecule has 2 N–H and O–H groups in total. The van der Waals surface area contributed by atoms with Crippen LogP contribution in [0, 0.1) is 17.8 Å². The fourth-order valence-corrected chi connectivity index (χ4v) is 3.52. The molecule has 2 aliphatic rings. The van der Waals surface area contributed by atoms with Gasteiger partial charge in [-0.25, -0.2) is 0 Å². The predicted molar refractivity (Wildman–Crippen MR) is 76.0 cm³/mol. The molecule has 0 spiro atoms. The van der Waals surface area contributed by atoms with E-state index in [9.17, 15) is 9.59 Å². The Morgan fingerprint density at radius 3 is 2.35 bits per heavy atom. The monoisotopic (exact) mass is 292 g/mol. The van der Waals surface area contributed by atoms with E-state index in [1.54, 1.807) is 24.3 Å². The van der Waals surface area contributed by atoms with Gasteiger partial charge >= 0.3 is 0 Å². The van der Waals surface area contributed by atoms with Gasteiger partial charge in [-0.3, -0.25) is 20.4 Å². The molecule has 5 heteroatoms. The molecule has 4 nitrogen and oxygen atoms in total. The van der Waals surface area contributed by atoms with Gasteiger partial charge < -0.3 is 0 Å². The highest BCUT2D eigenvalue weighted by Crippen LogP contribution is 2.55. The van der Waals surface area contributed by atoms with Crippen LogP contribution in [0.25, 0.3) is 0 Å². The smallest absolute Gasteiger partial charge is 0.271 e. The topological polar surface area (TPSA) is 58.2 Å². The molecule has 2 saturated carbocycles. The molecule has 0 unspecified atom stereocenters. The molecule has 1 aromatic rings. The van der Waals surface area contributed by atoms with Crippen LogP contribution >= 0.6 is 11.6 Å². The Morgan fingerprint density at radius 2 is 1.70 bits per heavy atom. The van der Waals surface area contributed by atoms with Gasteiger partial charge in [0.15, 0.2) is 0 Å². The highest BCUT2D eigenvalue weighted by molar-refractivity contribution is 6.33. The summed E-state index contributed by atoms with van der Waals surface area (Å²) < 4.78 is 0. The van der Waals surface area contributed by atoms with Crippen LogP contribution in [0.3, 0.4) is 0 Å². The van der Waals surface area contributed by atoms with Crippen LogP contribution in [0.15, 0.2) is 24.3 Å². The Labute approximate surface area is 122 Å². The minimum atomic E-state index is -0.382. The first kappa shape index (κ1) is 13.4. The van der Waals surface area contributed by atoms with Crippen molar-refractivity contribution in [1.82, 2.24) is 10.9 Å². The molecular weight excluding hydrogens is 276 g/mol. The first-order valence-electron chi connectivity index (χ1n) is 7.03. The maximum absolute atomic E-state index is 12.0. The van der Waals surface area contributed by atoms with E-state index in [1.165, 1.54) is 12.8 Å². The van der Waals surface area contributed by atoms with Crippen molar-refractivity contribution in [2.75, 3.05) is 0 Å². The molecule has 1 aromatic carbocycles. The fraction of sp³-hybridized carbons (Fsp3) is 0.467. The van der Waals surface area contributed by atoms with E-state index in [1.807, 2.05) is 0 Å². The summed E-state index contributed by atoms with van der Waals surface area (Å²) in [7, 11) is 0. The number of carbonyl (C=O) groups is 2. The van der Waals surface area contributed by atoms with E-state index in [0.717, 1.165) is 12.8 Å². The van der Waals surface area contributed by atoms with Crippen molar-refractivity contribution in [2.24, 2.45) is 17.8 Å². The Bertz CT molecular complexity index is 534. The van der Waals surface area contributed by atoms with Crippen molar-refractivity contribution in [3.63, 3.8) is 0 Å². The summed E-state index contributed by atoms with van der Waals surface area (Å²) in [5, 5.41) is 0.374. The van der Waals surface area contributed by atoms with Gasteiger partial charge in [-0.05, 0) is 36.8 Å². The quantitative estimate of drug-likeness (QED) is 0.823. The molecule has 106 valence electrons. The minimum Gasteiger partial charge on any atom is -0.273 e. The summed E-state index contributed by atoms with van der Waals surface area (Å²) in [5.41, 5.74) is 5.34. The van der Waals surface area contributed by atoms with Gasteiger partial charge in [0.1, 0.15) is 0 Å². The van der Waals surface area contributed by atoms with Crippen molar-refractivity contribution in [1.29, 1.82) is 0 Å². The number of nitrogens with one attached hydrogen (secondary N) is 2. The highest BCUT2D eigenvalue weighted by atomic mass is 35.5. The van der Waals surface area contributed by atoms with E-state index < -0.39 is 0 Å². The molecule has 3 rings (SSSR count). The largest absolute Gasteiger partial charge is 0.273 e. The van der Waals surface area contributed by atoms with Gasteiger partial charge in [-0.2, -0.15) is 0 Å². The van der Waals surface area contributed by atoms with Crippen LogP contribution in [0.4, 0.5) is 0 Å². The zero-order valence-corrected chi connectivity index (χ0v) is 11.8. The molecule has 2 atom stereocenters. The molecule has 0 aromatic heterocycles. The number of hydrogen-bond acceptors (Lipinski definition) is 2. The number of hydrazine groups is 1.